The van der Waals surface area contributed by atoms with Gasteiger partial charge in [-0.05, 0) is 32.9 Å². The highest BCUT2D eigenvalue weighted by molar-refractivity contribution is 8.00. The Morgan fingerprint density at radius 3 is 2.62 bits per heavy atom. The number of thiazole rings is 1. The van der Waals surface area contributed by atoms with Crippen LogP contribution >= 0.6 is 23.1 Å². The van der Waals surface area contributed by atoms with Crippen LogP contribution in [-0.4, -0.2) is 36.8 Å². The van der Waals surface area contributed by atoms with Gasteiger partial charge < -0.3 is 15.2 Å². The lowest BCUT2D eigenvalue weighted by molar-refractivity contribution is -0.115. The molecule has 2 heterocycles. The molecule has 0 saturated heterocycles. The van der Waals surface area contributed by atoms with Crippen LogP contribution in [0.2, 0.25) is 0 Å². The third-order valence-corrected chi connectivity index (χ3v) is 5.92. The normalized spacial score (nSPS) is 12.9. The van der Waals surface area contributed by atoms with Crippen molar-refractivity contribution in [2.75, 3.05) is 5.32 Å². The first-order valence-corrected chi connectivity index (χ1v) is 10.9. The van der Waals surface area contributed by atoms with Crippen LogP contribution in [0.1, 0.15) is 43.0 Å². The van der Waals surface area contributed by atoms with E-state index in [2.05, 4.69) is 25.8 Å². The molecule has 2 amide bonds. The standard InChI is InChI=1S/C19H22N6O2S2/c1-4-25-15(12(2)21-17(27)14-8-6-5-7-9-14)23-24-19(25)29-13(3)16(26)22-18-20-10-11-28-18/h5-13H,4H2,1-3H3,(H,21,27)(H,20,22,26)/t12-,13+/m0/s1. The van der Waals surface area contributed by atoms with Gasteiger partial charge in [0, 0.05) is 23.7 Å². The maximum Gasteiger partial charge on any atom is 0.251 e. The molecule has 0 radical (unpaired) electrons. The van der Waals surface area contributed by atoms with Crippen LogP contribution in [0.15, 0.2) is 47.1 Å². The summed E-state index contributed by atoms with van der Waals surface area (Å²) in [7, 11) is 0. The topological polar surface area (TPSA) is 102 Å². The molecule has 0 aliphatic rings. The number of thioether (sulfide) groups is 1. The molecule has 0 unspecified atom stereocenters. The molecule has 3 rings (SSSR count). The largest absolute Gasteiger partial charge is 0.342 e. The highest BCUT2D eigenvalue weighted by Gasteiger charge is 2.23. The average Bonchev–Trinajstić information content (AvgIpc) is 3.38. The molecule has 0 saturated carbocycles. The second-order valence-corrected chi connectivity index (χ2v) is 8.44. The first-order chi connectivity index (χ1) is 14.0. The summed E-state index contributed by atoms with van der Waals surface area (Å²) in [5.41, 5.74) is 0.587. The van der Waals surface area contributed by atoms with E-state index in [0.717, 1.165) is 0 Å². The van der Waals surface area contributed by atoms with E-state index in [-0.39, 0.29) is 23.1 Å². The summed E-state index contributed by atoms with van der Waals surface area (Å²) < 4.78 is 1.91. The fourth-order valence-electron chi connectivity index (χ4n) is 2.64. The molecular formula is C19H22N6O2S2. The van der Waals surface area contributed by atoms with Gasteiger partial charge in [0.05, 0.1) is 11.3 Å². The minimum Gasteiger partial charge on any atom is -0.342 e. The lowest BCUT2D eigenvalue weighted by atomic mass is 10.2. The fourth-order valence-corrected chi connectivity index (χ4v) is 4.09. The smallest absolute Gasteiger partial charge is 0.251 e. The van der Waals surface area contributed by atoms with E-state index in [0.29, 0.717) is 28.2 Å². The van der Waals surface area contributed by atoms with Gasteiger partial charge in [-0.1, -0.05) is 30.0 Å². The predicted octanol–water partition coefficient (Wildman–Crippen LogP) is 3.36. The number of hydrogen-bond acceptors (Lipinski definition) is 7. The second-order valence-electron chi connectivity index (χ2n) is 6.23. The summed E-state index contributed by atoms with van der Waals surface area (Å²) in [4.78, 5) is 28.9. The quantitative estimate of drug-likeness (QED) is 0.531. The predicted molar refractivity (Wildman–Crippen MR) is 114 cm³/mol. The Balaban J connectivity index is 1.67. The lowest BCUT2D eigenvalue weighted by Crippen LogP contribution is -2.28. The van der Waals surface area contributed by atoms with Crippen LogP contribution in [0.5, 0.6) is 0 Å². The summed E-state index contributed by atoms with van der Waals surface area (Å²) in [5, 5.41) is 16.9. The van der Waals surface area contributed by atoms with Crippen LogP contribution in [0.3, 0.4) is 0 Å². The minimum absolute atomic E-state index is 0.150. The van der Waals surface area contributed by atoms with Crippen molar-refractivity contribution in [1.82, 2.24) is 25.1 Å². The van der Waals surface area contributed by atoms with E-state index in [1.165, 1.54) is 23.1 Å². The number of aromatic nitrogens is 4. The number of amides is 2. The molecule has 152 valence electrons. The number of rotatable bonds is 8. The van der Waals surface area contributed by atoms with E-state index in [1.807, 2.05) is 43.5 Å². The first kappa shape index (κ1) is 21.0. The van der Waals surface area contributed by atoms with Gasteiger partial charge in [-0.2, -0.15) is 0 Å². The number of hydrogen-bond donors (Lipinski definition) is 2. The van der Waals surface area contributed by atoms with Crippen molar-refractivity contribution in [2.24, 2.45) is 0 Å². The zero-order chi connectivity index (χ0) is 20.8. The number of anilines is 1. The van der Waals surface area contributed by atoms with E-state index < -0.39 is 0 Å². The van der Waals surface area contributed by atoms with E-state index in [9.17, 15) is 9.59 Å². The summed E-state index contributed by atoms with van der Waals surface area (Å²) >= 11 is 2.69. The zero-order valence-corrected chi connectivity index (χ0v) is 18.0. The number of benzene rings is 1. The zero-order valence-electron chi connectivity index (χ0n) is 16.3. The van der Waals surface area contributed by atoms with Gasteiger partial charge in [0.15, 0.2) is 16.1 Å². The molecule has 0 aliphatic heterocycles. The highest BCUT2D eigenvalue weighted by atomic mass is 32.2. The Morgan fingerprint density at radius 2 is 1.97 bits per heavy atom. The molecule has 1 aromatic carbocycles. The molecule has 0 fully saturated rings. The molecule has 10 heteroatoms. The van der Waals surface area contributed by atoms with Crippen LogP contribution in [0.25, 0.3) is 0 Å². The molecule has 29 heavy (non-hydrogen) atoms. The van der Waals surface area contributed by atoms with Gasteiger partial charge >= 0.3 is 0 Å². The summed E-state index contributed by atoms with van der Waals surface area (Å²) in [6.07, 6.45) is 1.64. The van der Waals surface area contributed by atoms with Crippen molar-refractivity contribution in [1.29, 1.82) is 0 Å². The van der Waals surface area contributed by atoms with Crippen molar-refractivity contribution < 1.29 is 9.59 Å². The SMILES string of the molecule is CCn1c(S[C@H](C)C(=O)Nc2nccs2)nnc1[C@H](C)NC(=O)c1ccccc1. The third kappa shape index (κ3) is 5.21. The molecule has 8 nitrogen and oxygen atoms in total. The number of carbonyl (C=O) groups is 2. The Labute approximate surface area is 177 Å². The maximum atomic E-state index is 12.4. The highest BCUT2D eigenvalue weighted by Crippen LogP contribution is 2.25. The Morgan fingerprint density at radius 1 is 1.21 bits per heavy atom. The van der Waals surface area contributed by atoms with E-state index >= 15 is 0 Å². The molecule has 0 spiro atoms. The van der Waals surface area contributed by atoms with Crippen LogP contribution in [0.4, 0.5) is 5.13 Å². The molecule has 0 bridgehead atoms. The first-order valence-electron chi connectivity index (χ1n) is 9.15. The molecular weight excluding hydrogens is 408 g/mol. The van der Waals surface area contributed by atoms with Crippen molar-refractivity contribution >= 4 is 40.0 Å². The van der Waals surface area contributed by atoms with Crippen LogP contribution in [0, 0.1) is 0 Å². The molecule has 2 aromatic heterocycles. The fraction of sp³-hybridized carbons (Fsp3) is 0.316. The average molecular weight is 431 g/mol. The van der Waals surface area contributed by atoms with Gasteiger partial charge in [0.2, 0.25) is 5.91 Å². The monoisotopic (exact) mass is 430 g/mol. The summed E-state index contributed by atoms with van der Waals surface area (Å²) in [5.74, 6) is 0.323. The van der Waals surface area contributed by atoms with E-state index in [1.54, 1.807) is 23.7 Å². The molecule has 3 aromatic rings. The van der Waals surface area contributed by atoms with Crippen LogP contribution < -0.4 is 10.6 Å². The lowest BCUT2D eigenvalue weighted by Gasteiger charge is -2.16. The second kappa shape index (κ2) is 9.66. The summed E-state index contributed by atoms with van der Waals surface area (Å²) in [6, 6.07) is 8.70. The maximum absolute atomic E-state index is 12.4. The van der Waals surface area contributed by atoms with Gasteiger partial charge in [-0.3, -0.25) is 9.59 Å². The number of carbonyl (C=O) groups excluding carboxylic acids is 2. The Kier molecular flexibility index (Phi) is 6.99. The van der Waals surface area contributed by atoms with Gasteiger partial charge in [-0.25, -0.2) is 4.98 Å². The van der Waals surface area contributed by atoms with Gasteiger partial charge in [0.25, 0.3) is 5.91 Å². The van der Waals surface area contributed by atoms with Crippen molar-refractivity contribution in [3.8, 4) is 0 Å². The minimum atomic E-state index is -0.379. The molecule has 2 atom stereocenters. The third-order valence-electron chi connectivity index (χ3n) is 4.15. The molecule has 0 aliphatic carbocycles. The summed E-state index contributed by atoms with van der Waals surface area (Å²) in [6.45, 7) is 6.27. The molecule has 2 N–H and O–H groups in total. The number of nitrogens with one attached hydrogen (secondary N) is 2. The van der Waals surface area contributed by atoms with Crippen molar-refractivity contribution in [3.05, 3.63) is 53.3 Å². The Bertz CT molecular complexity index is 959. The number of nitrogens with zero attached hydrogens (tertiary/aromatic N) is 4. The van der Waals surface area contributed by atoms with Gasteiger partial charge in [-0.15, -0.1) is 21.5 Å². The van der Waals surface area contributed by atoms with Crippen LogP contribution in [-0.2, 0) is 11.3 Å². The van der Waals surface area contributed by atoms with E-state index in [4.69, 9.17) is 0 Å². The Hall–Kier alpha value is -2.72. The van der Waals surface area contributed by atoms with Crippen molar-refractivity contribution in [3.63, 3.8) is 0 Å². The van der Waals surface area contributed by atoms with Gasteiger partial charge in [0.1, 0.15) is 0 Å². The van der Waals surface area contributed by atoms with Crippen molar-refractivity contribution in [2.45, 2.75) is 43.8 Å².